The number of nitrogens with one attached hydrogen (secondary N) is 1. The maximum atomic E-state index is 5.87. The Morgan fingerprint density at radius 3 is 3.17 bits per heavy atom. The van der Waals surface area contributed by atoms with Gasteiger partial charge in [0.25, 0.3) is 0 Å². The van der Waals surface area contributed by atoms with Gasteiger partial charge in [0.2, 0.25) is 0 Å². The highest BCUT2D eigenvalue weighted by Gasteiger charge is 2.31. The molecule has 1 fully saturated rings. The lowest BCUT2D eigenvalue weighted by Crippen LogP contribution is -2.45. The first-order valence-electron chi connectivity index (χ1n) is 6.89. The molecule has 1 saturated heterocycles. The van der Waals surface area contributed by atoms with Crippen molar-refractivity contribution in [3.63, 3.8) is 0 Å². The molecule has 0 bridgehead atoms. The Bertz CT molecular complexity index is 355. The topological polar surface area (TPSA) is 34.2 Å². The molecule has 1 aliphatic heterocycles. The van der Waals surface area contributed by atoms with Crippen molar-refractivity contribution >= 4 is 11.3 Å². The van der Waals surface area contributed by atoms with Gasteiger partial charge in [0.15, 0.2) is 0 Å². The van der Waals surface area contributed by atoms with Crippen LogP contribution in [0.4, 0.5) is 0 Å². The van der Waals surface area contributed by atoms with Crippen LogP contribution in [0.25, 0.3) is 0 Å². The van der Waals surface area contributed by atoms with Gasteiger partial charge < -0.3 is 10.1 Å². The van der Waals surface area contributed by atoms with Gasteiger partial charge in [-0.3, -0.25) is 0 Å². The molecule has 3 atom stereocenters. The Labute approximate surface area is 114 Å². The minimum absolute atomic E-state index is 0.0698. The molecule has 0 spiro atoms. The number of hydrogen-bond donors (Lipinski definition) is 1. The summed E-state index contributed by atoms with van der Waals surface area (Å²) >= 11 is 1.75. The smallest absolute Gasteiger partial charge is 0.0965 e. The van der Waals surface area contributed by atoms with E-state index in [4.69, 9.17) is 4.74 Å². The molecule has 0 radical (unpaired) electrons. The van der Waals surface area contributed by atoms with Gasteiger partial charge in [-0.1, -0.05) is 13.8 Å². The lowest BCUT2D eigenvalue weighted by atomic mass is 9.89. The zero-order valence-corrected chi connectivity index (χ0v) is 12.4. The number of thiazole rings is 1. The van der Waals surface area contributed by atoms with Crippen LogP contribution in [0.15, 0.2) is 11.6 Å². The molecule has 102 valence electrons. The lowest BCUT2D eigenvalue weighted by Gasteiger charge is -2.38. The van der Waals surface area contributed by atoms with Crippen LogP contribution in [0.1, 0.15) is 51.0 Å². The molecule has 1 aromatic heterocycles. The SMILES string of the molecule is CCC1(C)CC(NCC(C)c2nccs2)CCO1. The van der Waals surface area contributed by atoms with Crippen LogP contribution in [-0.4, -0.2) is 29.8 Å². The second-order valence-electron chi connectivity index (χ2n) is 5.52. The number of ether oxygens (including phenoxy) is 1. The van der Waals surface area contributed by atoms with Crippen molar-refractivity contribution in [3.8, 4) is 0 Å². The second-order valence-corrected chi connectivity index (χ2v) is 6.45. The van der Waals surface area contributed by atoms with E-state index in [1.165, 1.54) is 5.01 Å². The molecule has 0 aliphatic carbocycles. The third-order valence-electron chi connectivity index (χ3n) is 3.93. The zero-order chi connectivity index (χ0) is 13.0. The van der Waals surface area contributed by atoms with Gasteiger partial charge in [-0.25, -0.2) is 4.98 Å². The summed E-state index contributed by atoms with van der Waals surface area (Å²) in [6.45, 7) is 8.57. The molecule has 0 saturated carbocycles. The maximum absolute atomic E-state index is 5.87. The van der Waals surface area contributed by atoms with E-state index in [1.54, 1.807) is 11.3 Å². The Morgan fingerprint density at radius 2 is 2.50 bits per heavy atom. The van der Waals surface area contributed by atoms with Crippen LogP contribution in [0.5, 0.6) is 0 Å². The molecule has 0 amide bonds. The number of rotatable bonds is 5. The molecule has 4 heteroatoms. The summed E-state index contributed by atoms with van der Waals surface area (Å²) in [6, 6.07) is 0.589. The van der Waals surface area contributed by atoms with Crippen LogP contribution >= 0.6 is 11.3 Å². The first-order chi connectivity index (χ1) is 8.63. The fourth-order valence-electron chi connectivity index (χ4n) is 2.46. The van der Waals surface area contributed by atoms with Crippen molar-refractivity contribution in [1.82, 2.24) is 10.3 Å². The maximum Gasteiger partial charge on any atom is 0.0965 e. The Hall–Kier alpha value is -0.450. The lowest BCUT2D eigenvalue weighted by molar-refractivity contribution is -0.0779. The quantitative estimate of drug-likeness (QED) is 0.890. The third kappa shape index (κ3) is 3.53. The summed E-state index contributed by atoms with van der Waals surface area (Å²) < 4.78 is 5.87. The Balaban J connectivity index is 1.80. The second kappa shape index (κ2) is 6.13. The average Bonchev–Trinajstić information content (AvgIpc) is 2.90. The molecule has 1 aromatic rings. The van der Waals surface area contributed by atoms with E-state index in [-0.39, 0.29) is 5.60 Å². The number of nitrogens with zero attached hydrogens (tertiary/aromatic N) is 1. The minimum atomic E-state index is 0.0698. The first kappa shape index (κ1) is 14.0. The molecule has 0 aromatic carbocycles. The summed E-state index contributed by atoms with van der Waals surface area (Å²) in [4.78, 5) is 4.38. The van der Waals surface area contributed by atoms with Crippen LogP contribution < -0.4 is 5.32 Å². The summed E-state index contributed by atoms with van der Waals surface area (Å²) in [5.41, 5.74) is 0.0698. The summed E-state index contributed by atoms with van der Waals surface area (Å²) in [6.07, 6.45) is 5.22. The minimum Gasteiger partial charge on any atom is -0.375 e. The fourth-order valence-corrected chi connectivity index (χ4v) is 3.16. The van der Waals surface area contributed by atoms with E-state index in [9.17, 15) is 0 Å². The standard InChI is InChI=1S/C14H24N2OS/c1-4-14(3)9-12(5-7-17-14)16-10-11(2)13-15-6-8-18-13/h6,8,11-12,16H,4-5,7,9-10H2,1-3H3. The Morgan fingerprint density at radius 1 is 1.67 bits per heavy atom. The van der Waals surface area contributed by atoms with Gasteiger partial charge in [-0.2, -0.15) is 0 Å². The van der Waals surface area contributed by atoms with Gasteiger partial charge in [0.1, 0.15) is 0 Å². The molecule has 3 nitrogen and oxygen atoms in total. The predicted molar refractivity (Wildman–Crippen MR) is 76.2 cm³/mol. The molecular weight excluding hydrogens is 244 g/mol. The largest absolute Gasteiger partial charge is 0.375 e. The molecular formula is C14H24N2OS. The predicted octanol–water partition coefficient (Wildman–Crippen LogP) is 3.18. The summed E-state index contributed by atoms with van der Waals surface area (Å²) in [7, 11) is 0. The van der Waals surface area contributed by atoms with Crippen LogP contribution in [0, 0.1) is 0 Å². The molecule has 1 N–H and O–H groups in total. The normalized spacial score (nSPS) is 30.3. The highest BCUT2D eigenvalue weighted by Crippen LogP contribution is 2.28. The van der Waals surface area contributed by atoms with Crippen molar-refractivity contribution in [3.05, 3.63) is 16.6 Å². The van der Waals surface area contributed by atoms with E-state index in [2.05, 4.69) is 36.5 Å². The highest BCUT2D eigenvalue weighted by atomic mass is 32.1. The van der Waals surface area contributed by atoms with Crippen LogP contribution in [-0.2, 0) is 4.74 Å². The first-order valence-corrected chi connectivity index (χ1v) is 7.77. The molecule has 2 heterocycles. The fraction of sp³-hybridized carbons (Fsp3) is 0.786. The van der Waals surface area contributed by atoms with Crippen molar-refractivity contribution < 1.29 is 4.74 Å². The summed E-state index contributed by atoms with van der Waals surface area (Å²) in [5.74, 6) is 0.501. The van der Waals surface area contributed by atoms with E-state index in [1.807, 2.05) is 6.20 Å². The molecule has 2 rings (SSSR count). The monoisotopic (exact) mass is 268 g/mol. The Kier molecular flexibility index (Phi) is 4.76. The van der Waals surface area contributed by atoms with Gasteiger partial charge in [-0.15, -0.1) is 11.3 Å². The van der Waals surface area contributed by atoms with E-state index in [0.717, 1.165) is 32.4 Å². The number of hydrogen-bond acceptors (Lipinski definition) is 4. The molecule has 1 aliphatic rings. The highest BCUT2D eigenvalue weighted by molar-refractivity contribution is 7.09. The van der Waals surface area contributed by atoms with Crippen molar-refractivity contribution in [1.29, 1.82) is 0 Å². The molecule has 3 unspecified atom stereocenters. The molecule has 18 heavy (non-hydrogen) atoms. The van der Waals surface area contributed by atoms with Crippen molar-refractivity contribution in [2.24, 2.45) is 0 Å². The van der Waals surface area contributed by atoms with Crippen molar-refractivity contribution in [2.45, 2.75) is 57.6 Å². The van der Waals surface area contributed by atoms with E-state index >= 15 is 0 Å². The summed E-state index contributed by atoms with van der Waals surface area (Å²) in [5, 5.41) is 6.97. The average molecular weight is 268 g/mol. The van der Waals surface area contributed by atoms with Crippen LogP contribution in [0.2, 0.25) is 0 Å². The third-order valence-corrected chi connectivity index (χ3v) is 4.94. The van der Waals surface area contributed by atoms with Gasteiger partial charge in [0, 0.05) is 36.7 Å². The van der Waals surface area contributed by atoms with Crippen molar-refractivity contribution in [2.75, 3.05) is 13.2 Å². The van der Waals surface area contributed by atoms with Gasteiger partial charge in [0.05, 0.1) is 10.6 Å². The van der Waals surface area contributed by atoms with E-state index < -0.39 is 0 Å². The van der Waals surface area contributed by atoms with Gasteiger partial charge in [-0.05, 0) is 26.2 Å². The van der Waals surface area contributed by atoms with Crippen LogP contribution in [0.3, 0.4) is 0 Å². The van der Waals surface area contributed by atoms with E-state index in [0.29, 0.717) is 12.0 Å². The number of aromatic nitrogens is 1. The van der Waals surface area contributed by atoms with Gasteiger partial charge >= 0.3 is 0 Å². The zero-order valence-electron chi connectivity index (χ0n) is 11.6.